The van der Waals surface area contributed by atoms with Gasteiger partial charge in [0.25, 0.3) is 0 Å². The SMILES string of the molecule is O=C1NCCCCC1Cc1cnns1. The molecule has 1 aliphatic rings. The summed E-state index contributed by atoms with van der Waals surface area (Å²) in [6.45, 7) is 0.830. The Kier molecular flexibility index (Phi) is 3.08. The van der Waals surface area contributed by atoms with E-state index in [2.05, 4.69) is 14.9 Å². The van der Waals surface area contributed by atoms with Crippen molar-refractivity contribution in [2.24, 2.45) is 5.92 Å². The lowest BCUT2D eigenvalue weighted by Gasteiger charge is -2.10. The van der Waals surface area contributed by atoms with E-state index in [0.717, 1.165) is 37.1 Å². The molecule has 1 saturated heterocycles. The standard InChI is InChI=1S/C9H13N3OS/c13-9-7(3-1-2-4-10-9)5-8-6-11-12-14-8/h6-7H,1-5H2,(H,10,13). The third kappa shape index (κ3) is 2.29. The molecule has 1 N–H and O–H groups in total. The van der Waals surface area contributed by atoms with E-state index in [4.69, 9.17) is 0 Å². The molecular formula is C9H13N3OS. The van der Waals surface area contributed by atoms with Crippen LogP contribution < -0.4 is 5.32 Å². The van der Waals surface area contributed by atoms with E-state index in [9.17, 15) is 4.79 Å². The molecule has 76 valence electrons. The Morgan fingerprint density at radius 1 is 1.57 bits per heavy atom. The molecule has 14 heavy (non-hydrogen) atoms. The molecule has 1 aliphatic heterocycles. The normalized spacial score (nSPS) is 22.9. The van der Waals surface area contributed by atoms with Crippen LogP contribution in [0.25, 0.3) is 0 Å². The molecule has 4 nitrogen and oxygen atoms in total. The van der Waals surface area contributed by atoms with E-state index in [1.165, 1.54) is 11.5 Å². The van der Waals surface area contributed by atoms with Gasteiger partial charge in [-0.15, -0.1) is 5.10 Å². The van der Waals surface area contributed by atoms with Crippen LogP contribution in [0.15, 0.2) is 6.20 Å². The summed E-state index contributed by atoms with van der Waals surface area (Å²) in [5.41, 5.74) is 0. The van der Waals surface area contributed by atoms with Crippen LogP contribution in [0, 0.1) is 5.92 Å². The molecule has 1 atom stereocenters. The largest absolute Gasteiger partial charge is 0.356 e. The summed E-state index contributed by atoms with van der Waals surface area (Å²) in [7, 11) is 0. The maximum Gasteiger partial charge on any atom is 0.223 e. The molecule has 1 fully saturated rings. The molecule has 2 rings (SSSR count). The number of carbonyl (C=O) groups is 1. The number of nitrogens with zero attached hydrogens (tertiary/aromatic N) is 2. The fourth-order valence-electron chi connectivity index (χ4n) is 1.72. The van der Waals surface area contributed by atoms with Crippen LogP contribution >= 0.6 is 11.5 Å². The zero-order valence-electron chi connectivity index (χ0n) is 7.90. The predicted molar refractivity (Wildman–Crippen MR) is 54.0 cm³/mol. The number of nitrogens with one attached hydrogen (secondary N) is 1. The van der Waals surface area contributed by atoms with Crippen molar-refractivity contribution in [2.45, 2.75) is 25.7 Å². The molecule has 0 radical (unpaired) electrons. The first kappa shape index (κ1) is 9.58. The Hall–Kier alpha value is -0.970. The molecular weight excluding hydrogens is 198 g/mol. The predicted octanol–water partition coefficient (Wildman–Crippen LogP) is 0.997. The third-order valence-electron chi connectivity index (χ3n) is 2.50. The average molecular weight is 211 g/mol. The second-order valence-corrected chi connectivity index (χ2v) is 4.44. The summed E-state index contributed by atoms with van der Waals surface area (Å²) >= 11 is 1.38. The first-order chi connectivity index (χ1) is 6.86. The second-order valence-electron chi connectivity index (χ2n) is 3.57. The lowest BCUT2D eigenvalue weighted by Crippen LogP contribution is -2.29. The van der Waals surface area contributed by atoms with E-state index in [1.54, 1.807) is 6.20 Å². The summed E-state index contributed by atoms with van der Waals surface area (Å²) in [6, 6.07) is 0. The van der Waals surface area contributed by atoms with E-state index in [-0.39, 0.29) is 11.8 Å². The fraction of sp³-hybridized carbons (Fsp3) is 0.667. The maximum atomic E-state index is 11.6. The maximum absolute atomic E-state index is 11.6. The van der Waals surface area contributed by atoms with Gasteiger partial charge in [0.1, 0.15) is 0 Å². The van der Waals surface area contributed by atoms with Crippen molar-refractivity contribution in [1.29, 1.82) is 0 Å². The van der Waals surface area contributed by atoms with Gasteiger partial charge in [0.15, 0.2) is 0 Å². The molecule has 0 aliphatic carbocycles. The number of hydrogen-bond donors (Lipinski definition) is 1. The number of amides is 1. The minimum absolute atomic E-state index is 0.125. The summed E-state index contributed by atoms with van der Waals surface area (Å²) in [6.07, 6.45) is 5.77. The van der Waals surface area contributed by atoms with E-state index in [1.807, 2.05) is 0 Å². The summed E-state index contributed by atoms with van der Waals surface area (Å²) < 4.78 is 3.80. The van der Waals surface area contributed by atoms with Gasteiger partial charge >= 0.3 is 0 Å². The fourth-order valence-corrected chi connectivity index (χ4v) is 2.29. The zero-order chi connectivity index (χ0) is 9.80. The van der Waals surface area contributed by atoms with Crippen LogP contribution in [0.2, 0.25) is 0 Å². The molecule has 0 aromatic carbocycles. The van der Waals surface area contributed by atoms with Crippen molar-refractivity contribution >= 4 is 17.4 Å². The van der Waals surface area contributed by atoms with Crippen LogP contribution in [-0.4, -0.2) is 22.0 Å². The third-order valence-corrected chi connectivity index (χ3v) is 3.19. The van der Waals surface area contributed by atoms with Gasteiger partial charge in [0.2, 0.25) is 5.91 Å². The molecule has 5 heteroatoms. The van der Waals surface area contributed by atoms with Gasteiger partial charge in [-0.05, 0) is 30.8 Å². The van der Waals surface area contributed by atoms with Gasteiger partial charge in [0, 0.05) is 17.3 Å². The van der Waals surface area contributed by atoms with Gasteiger partial charge < -0.3 is 5.32 Å². The number of aromatic nitrogens is 2. The lowest BCUT2D eigenvalue weighted by atomic mass is 9.98. The molecule has 1 unspecified atom stereocenters. The van der Waals surface area contributed by atoms with E-state index >= 15 is 0 Å². The van der Waals surface area contributed by atoms with E-state index in [0.29, 0.717) is 0 Å². The molecule has 0 bridgehead atoms. The Morgan fingerprint density at radius 2 is 2.50 bits per heavy atom. The van der Waals surface area contributed by atoms with Crippen LogP contribution in [0.3, 0.4) is 0 Å². The number of carbonyl (C=O) groups excluding carboxylic acids is 1. The van der Waals surface area contributed by atoms with Gasteiger partial charge in [-0.3, -0.25) is 4.79 Å². The Morgan fingerprint density at radius 3 is 3.29 bits per heavy atom. The van der Waals surface area contributed by atoms with Crippen molar-refractivity contribution in [3.8, 4) is 0 Å². The Bertz CT molecular complexity index is 299. The number of hydrogen-bond acceptors (Lipinski definition) is 4. The van der Waals surface area contributed by atoms with Gasteiger partial charge in [-0.2, -0.15) is 0 Å². The van der Waals surface area contributed by atoms with Crippen LogP contribution in [0.1, 0.15) is 24.1 Å². The molecule has 1 amide bonds. The smallest absolute Gasteiger partial charge is 0.223 e. The van der Waals surface area contributed by atoms with Crippen molar-refractivity contribution in [3.05, 3.63) is 11.1 Å². The topological polar surface area (TPSA) is 54.9 Å². The van der Waals surface area contributed by atoms with Crippen LogP contribution in [0.5, 0.6) is 0 Å². The highest BCUT2D eigenvalue weighted by Crippen LogP contribution is 2.18. The zero-order valence-corrected chi connectivity index (χ0v) is 8.72. The van der Waals surface area contributed by atoms with Crippen LogP contribution in [-0.2, 0) is 11.2 Å². The molecule has 1 aromatic heterocycles. The van der Waals surface area contributed by atoms with Crippen molar-refractivity contribution in [2.75, 3.05) is 6.54 Å². The van der Waals surface area contributed by atoms with Gasteiger partial charge in [-0.1, -0.05) is 10.9 Å². The minimum atomic E-state index is 0.125. The highest BCUT2D eigenvalue weighted by Gasteiger charge is 2.21. The minimum Gasteiger partial charge on any atom is -0.356 e. The highest BCUT2D eigenvalue weighted by molar-refractivity contribution is 7.05. The number of rotatable bonds is 2. The van der Waals surface area contributed by atoms with Gasteiger partial charge in [-0.25, -0.2) is 0 Å². The molecule has 0 saturated carbocycles. The average Bonchev–Trinajstić information content (AvgIpc) is 2.60. The quantitative estimate of drug-likeness (QED) is 0.794. The Balaban J connectivity index is 1.98. The summed E-state index contributed by atoms with van der Waals surface area (Å²) in [4.78, 5) is 12.7. The summed E-state index contributed by atoms with van der Waals surface area (Å²) in [5, 5.41) is 6.70. The van der Waals surface area contributed by atoms with Crippen molar-refractivity contribution < 1.29 is 4.79 Å². The molecule has 1 aromatic rings. The summed E-state index contributed by atoms with van der Waals surface area (Å²) in [5.74, 6) is 0.315. The monoisotopic (exact) mass is 211 g/mol. The Labute approximate surface area is 86.9 Å². The first-order valence-corrected chi connectivity index (χ1v) is 5.67. The lowest BCUT2D eigenvalue weighted by molar-refractivity contribution is -0.124. The van der Waals surface area contributed by atoms with Crippen molar-refractivity contribution in [3.63, 3.8) is 0 Å². The highest BCUT2D eigenvalue weighted by atomic mass is 32.1. The molecule has 0 spiro atoms. The van der Waals surface area contributed by atoms with E-state index < -0.39 is 0 Å². The second kappa shape index (κ2) is 4.50. The molecule has 2 heterocycles. The van der Waals surface area contributed by atoms with Crippen molar-refractivity contribution in [1.82, 2.24) is 14.9 Å². The van der Waals surface area contributed by atoms with Gasteiger partial charge in [0.05, 0.1) is 6.20 Å². The van der Waals surface area contributed by atoms with Crippen LogP contribution in [0.4, 0.5) is 0 Å². The first-order valence-electron chi connectivity index (χ1n) is 4.90.